The Balaban J connectivity index is 1.55. The standard InChI is InChI=1S/C17H19NO4/c1-12-4-6-13(7-5-12)21-16-9-8-15(22-16)17(19)18-11-14-3-2-10-20-14/h4-9,14H,2-3,10-11H2,1H3,(H,18,19)/t14-/m0/s1. The van der Waals surface area contributed by atoms with Gasteiger partial charge in [-0.2, -0.15) is 0 Å². The molecule has 3 rings (SSSR count). The predicted molar refractivity (Wildman–Crippen MR) is 81.3 cm³/mol. The third-order valence-electron chi connectivity index (χ3n) is 3.56. The Labute approximate surface area is 129 Å². The maximum Gasteiger partial charge on any atom is 0.290 e. The highest BCUT2D eigenvalue weighted by Crippen LogP contribution is 2.24. The van der Waals surface area contributed by atoms with Crippen molar-refractivity contribution in [1.82, 2.24) is 5.32 Å². The van der Waals surface area contributed by atoms with E-state index in [0.29, 0.717) is 18.2 Å². The second-order valence-electron chi connectivity index (χ2n) is 5.38. The van der Waals surface area contributed by atoms with Crippen LogP contribution in [0.5, 0.6) is 11.7 Å². The quantitative estimate of drug-likeness (QED) is 0.920. The number of aryl methyl sites for hydroxylation is 1. The first-order valence-electron chi connectivity index (χ1n) is 7.45. The predicted octanol–water partition coefficient (Wildman–Crippen LogP) is 3.29. The van der Waals surface area contributed by atoms with Gasteiger partial charge in [-0.1, -0.05) is 17.7 Å². The molecular weight excluding hydrogens is 282 g/mol. The fourth-order valence-corrected chi connectivity index (χ4v) is 2.32. The van der Waals surface area contributed by atoms with E-state index in [1.807, 2.05) is 31.2 Å². The molecular formula is C17H19NO4. The molecule has 1 aromatic heterocycles. The van der Waals surface area contributed by atoms with Crippen LogP contribution in [0.4, 0.5) is 0 Å². The van der Waals surface area contributed by atoms with Crippen molar-refractivity contribution >= 4 is 5.91 Å². The van der Waals surface area contributed by atoms with Gasteiger partial charge in [-0.3, -0.25) is 4.79 Å². The van der Waals surface area contributed by atoms with Crippen LogP contribution < -0.4 is 10.1 Å². The Morgan fingerprint density at radius 3 is 2.82 bits per heavy atom. The molecule has 0 bridgehead atoms. The van der Waals surface area contributed by atoms with Crippen molar-refractivity contribution in [1.29, 1.82) is 0 Å². The van der Waals surface area contributed by atoms with Gasteiger partial charge in [-0.25, -0.2) is 0 Å². The fourth-order valence-electron chi connectivity index (χ4n) is 2.32. The Kier molecular flexibility index (Phi) is 4.44. The molecule has 0 spiro atoms. The van der Waals surface area contributed by atoms with Crippen molar-refractivity contribution in [3.8, 4) is 11.7 Å². The number of rotatable bonds is 5. The van der Waals surface area contributed by atoms with Crippen LogP contribution in [0.25, 0.3) is 0 Å². The number of hydrogen-bond donors (Lipinski definition) is 1. The molecule has 116 valence electrons. The van der Waals surface area contributed by atoms with Crippen LogP contribution in [0.15, 0.2) is 40.8 Å². The number of ether oxygens (including phenoxy) is 2. The first-order chi connectivity index (χ1) is 10.7. The number of benzene rings is 1. The smallest absolute Gasteiger partial charge is 0.290 e. The molecule has 2 aromatic rings. The molecule has 0 aliphatic carbocycles. The molecule has 0 unspecified atom stereocenters. The maximum atomic E-state index is 12.0. The van der Waals surface area contributed by atoms with Crippen LogP contribution >= 0.6 is 0 Å². The minimum absolute atomic E-state index is 0.113. The van der Waals surface area contributed by atoms with E-state index in [9.17, 15) is 4.79 Å². The summed E-state index contributed by atoms with van der Waals surface area (Å²) in [6, 6.07) is 10.9. The van der Waals surface area contributed by atoms with E-state index < -0.39 is 0 Å². The highest BCUT2D eigenvalue weighted by atomic mass is 16.6. The first kappa shape index (κ1) is 14.7. The van der Waals surface area contributed by atoms with Gasteiger partial charge in [0.1, 0.15) is 5.75 Å². The summed E-state index contributed by atoms with van der Waals surface area (Å²) >= 11 is 0. The molecule has 1 aliphatic rings. The van der Waals surface area contributed by atoms with E-state index in [2.05, 4.69) is 5.32 Å². The second-order valence-corrected chi connectivity index (χ2v) is 5.38. The molecule has 1 fully saturated rings. The molecule has 1 amide bonds. The van der Waals surface area contributed by atoms with E-state index >= 15 is 0 Å². The van der Waals surface area contributed by atoms with E-state index in [4.69, 9.17) is 13.9 Å². The lowest BCUT2D eigenvalue weighted by Gasteiger charge is -2.09. The number of carbonyl (C=O) groups is 1. The largest absolute Gasteiger partial charge is 0.426 e. The molecule has 1 atom stereocenters. The second kappa shape index (κ2) is 6.66. The Morgan fingerprint density at radius 1 is 1.27 bits per heavy atom. The summed E-state index contributed by atoms with van der Waals surface area (Å²) in [5, 5.41) is 2.81. The Morgan fingerprint density at radius 2 is 2.09 bits per heavy atom. The van der Waals surface area contributed by atoms with Crippen molar-refractivity contribution in [3.63, 3.8) is 0 Å². The van der Waals surface area contributed by atoms with Crippen LogP contribution in [0.3, 0.4) is 0 Å². The van der Waals surface area contributed by atoms with Crippen molar-refractivity contribution in [2.24, 2.45) is 0 Å². The van der Waals surface area contributed by atoms with Crippen LogP contribution in [0, 0.1) is 6.92 Å². The normalized spacial score (nSPS) is 17.4. The van der Waals surface area contributed by atoms with Crippen molar-refractivity contribution in [2.75, 3.05) is 13.2 Å². The molecule has 0 radical (unpaired) electrons. The lowest BCUT2D eigenvalue weighted by Crippen LogP contribution is -2.31. The van der Waals surface area contributed by atoms with Crippen molar-refractivity contribution < 1.29 is 18.7 Å². The molecule has 0 saturated carbocycles. The third kappa shape index (κ3) is 3.68. The lowest BCUT2D eigenvalue weighted by molar-refractivity contribution is 0.0831. The summed E-state index contributed by atoms with van der Waals surface area (Å²) in [4.78, 5) is 12.0. The lowest BCUT2D eigenvalue weighted by atomic mass is 10.2. The molecule has 22 heavy (non-hydrogen) atoms. The topological polar surface area (TPSA) is 60.7 Å². The van der Waals surface area contributed by atoms with Crippen LogP contribution in [-0.4, -0.2) is 25.2 Å². The minimum atomic E-state index is -0.255. The molecule has 5 nitrogen and oxygen atoms in total. The van der Waals surface area contributed by atoms with Crippen LogP contribution in [0.1, 0.15) is 29.0 Å². The average molecular weight is 301 g/mol. The zero-order valence-electron chi connectivity index (χ0n) is 12.5. The average Bonchev–Trinajstić information content (AvgIpc) is 3.19. The highest BCUT2D eigenvalue weighted by Gasteiger charge is 2.18. The number of carbonyl (C=O) groups excluding carboxylic acids is 1. The van der Waals surface area contributed by atoms with Gasteiger partial charge in [-0.05, 0) is 38.0 Å². The summed E-state index contributed by atoms with van der Waals surface area (Å²) in [5.74, 6) is 0.951. The fraction of sp³-hybridized carbons (Fsp3) is 0.353. The number of nitrogens with one attached hydrogen (secondary N) is 1. The van der Waals surface area contributed by atoms with Gasteiger partial charge in [0, 0.05) is 19.2 Å². The zero-order chi connectivity index (χ0) is 15.4. The number of hydrogen-bond acceptors (Lipinski definition) is 4. The maximum absolute atomic E-state index is 12.0. The van der Waals surface area contributed by atoms with Crippen molar-refractivity contribution in [2.45, 2.75) is 25.9 Å². The first-order valence-corrected chi connectivity index (χ1v) is 7.45. The van der Waals surface area contributed by atoms with E-state index in [-0.39, 0.29) is 17.8 Å². The SMILES string of the molecule is Cc1ccc(Oc2ccc(C(=O)NC[C@@H]3CCCO3)o2)cc1. The van der Waals surface area contributed by atoms with Crippen LogP contribution in [0.2, 0.25) is 0 Å². The van der Waals surface area contributed by atoms with Crippen molar-refractivity contribution in [3.05, 3.63) is 47.7 Å². The van der Waals surface area contributed by atoms with Crippen LogP contribution in [-0.2, 0) is 4.74 Å². The zero-order valence-corrected chi connectivity index (χ0v) is 12.5. The minimum Gasteiger partial charge on any atom is -0.426 e. The molecule has 1 saturated heterocycles. The van der Waals surface area contributed by atoms with Gasteiger partial charge in [0.25, 0.3) is 11.9 Å². The summed E-state index contributed by atoms with van der Waals surface area (Å²) in [7, 11) is 0. The van der Waals surface area contributed by atoms with Gasteiger partial charge in [-0.15, -0.1) is 0 Å². The summed E-state index contributed by atoms with van der Waals surface area (Å²) in [5.41, 5.74) is 1.15. The molecule has 1 N–H and O–H groups in total. The molecule has 1 aromatic carbocycles. The van der Waals surface area contributed by atoms with E-state index in [0.717, 1.165) is 25.0 Å². The van der Waals surface area contributed by atoms with Gasteiger partial charge in [0.15, 0.2) is 5.76 Å². The summed E-state index contributed by atoms with van der Waals surface area (Å²) in [6.07, 6.45) is 2.15. The third-order valence-corrected chi connectivity index (χ3v) is 3.56. The molecule has 5 heteroatoms. The summed E-state index contributed by atoms with van der Waals surface area (Å²) < 4.78 is 16.5. The Hall–Kier alpha value is -2.27. The molecule has 2 heterocycles. The summed E-state index contributed by atoms with van der Waals surface area (Å²) in [6.45, 7) is 3.29. The van der Waals surface area contributed by atoms with Gasteiger partial charge >= 0.3 is 0 Å². The molecule has 1 aliphatic heterocycles. The Bertz CT molecular complexity index is 626. The highest BCUT2D eigenvalue weighted by molar-refractivity contribution is 5.91. The van der Waals surface area contributed by atoms with Gasteiger partial charge < -0.3 is 19.2 Å². The van der Waals surface area contributed by atoms with Gasteiger partial charge in [0.2, 0.25) is 0 Å². The van der Waals surface area contributed by atoms with E-state index in [1.54, 1.807) is 12.1 Å². The van der Waals surface area contributed by atoms with E-state index in [1.165, 1.54) is 0 Å². The number of furan rings is 1. The monoisotopic (exact) mass is 301 g/mol. The number of amides is 1. The van der Waals surface area contributed by atoms with Gasteiger partial charge in [0.05, 0.1) is 6.10 Å².